The molecule has 1 aliphatic rings. The molecule has 0 bridgehead atoms. The second-order valence-electron chi connectivity index (χ2n) is 5.92. The number of carbonyl (C=O) groups is 1. The monoisotopic (exact) mass is 359 g/mol. The maximum absolute atomic E-state index is 12.6. The van der Waals surface area contributed by atoms with Crippen LogP contribution in [0.1, 0.15) is 24.6 Å². The van der Waals surface area contributed by atoms with Crippen molar-refractivity contribution in [2.45, 2.75) is 18.9 Å². The second kappa shape index (κ2) is 7.68. The van der Waals surface area contributed by atoms with Gasteiger partial charge in [-0.25, -0.2) is 9.97 Å². The maximum Gasteiger partial charge on any atom is 0.212 e. The van der Waals surface area contributed by atoms with Gasteiger partial charge in [0.15, 0.2) is 11.7 Å². The molecule has 9 heteroatoms. The van der Waals surface area contributed by atoms with E-state index < -0.39 is 6.04 Å². The van der Waals surface area contributed by atoms with Crippen molar-refractivity contribution >= 4 is 28.2 Å². The van der Waals surface area contributed by atoms with Crippen molar-refractivity contribution in [1.82, 2.24) is 15.3 Å². The Kier molecular flexibility index (Phi) is 5.37. The largest absolute Gasteiger partial charge is 0.370 e. The molecule has 2 aromatic rings. The van der Waals surface area contributed by atoms with E-state index in [0.29, 0.717) is 28.8 Å². The first-order valence-electron chi connectivity index (χ1n) is 8.07. The van der Waals surface area contributed by atoms with Crippen LogP contribution in [0.5, 0.6) is 0 Å². The number of aromatic nitrogens is 2. The number of nitrogens with two attached hydrogens (primary N) is 3. The summed E-state index contributed by atoms with van der Waals surface area (Å²) < 4.78 is 0. The molecule has 1 fully saturated rings. The van der Waals surface area contributed by atoms with Gasteiger partial charge in [-0.1, -0.05) is 6.07 Å². The Hall–Kier alpha value is -2.36. The zero-order valence-corrected chi connectivity index (χ0v) is 14.5. The predicted octanol–water partition coefficient (Wildman–Crippen LogP) is 0.678. The van der Waals surface area contributed by atoms with Crippen LogP contribution in [0.15, 0.2) is 28.6 Å². The number of piperidine rings is 1. The van der Waals surface area contributed by atoms with Crippen LogP contribution >= 0.6 is 11.3 Å². The maximum atomic E-state index is 12.6. The Morgan fingerprint density at radius 2 is 2.16 bits per heavy atom. The Labute approximate surface area is 149 Å². The van der Waals surface area contributed by atoms with Gasteiger partial charge in [0.2, 0.25) is 5.13 Å². The lowest BCUT2D eigenvalue weighted by atomic mass is 9.90. The first kappa shape index (κ1) is 17.5. The van der Waals surface area contributed by atoms with Crippen molar-refractivity contribution < 1.29 is 4.79 Å². The summed E-state index contributed by atoms with van der Waals surface area (Å²) in [4.78, 5) is 25.4. The fourth-order valence-corrected chi connectivity index (χ4v) is 3.51. The summed E-state index contributed by atoms with van der Waals surface area (Å²) in [6.45, 7) is 1.63. The molecular weight excluding hydrogens is 338 g/mol. The molecule has 0 aliphatic carbocycles. The normalized spacial score (nSPS) is 18.5. The van der Waals surface area contributed by atoms with E-state index in [0.717, 1.165) is 19.4 Å². The van der Waals surface area contributed by atoms with E-state index in [1.807, 2.05) is 17.5 Å². The van der Waals surface area contributed by atoms with Crippen LogP contribution in [0.3, 0.4) is 0 Å². The van der Waals surface area contributed by atoms with Gasteiger partial charge in [0, 0.05) is 17.8 Å². The number of thiazole rings is 1. The molecule has 3 heterocycles. The van der Waals surface area contributed by atoms with E-state index in [-0.39, 0.29) is 17.7 Å². The third-order valence-corrected chi connectivity index (χ3v) is 4.81. The van der Waals surface area contributed by atoms with Crippen molar-refractivity contribution in [2.24, 2.45) is 28.1 Å². The average Bonchev–Trinajstić information content (AvgIpc) is 3.09. The molecule has 7 N–H and O–H groups in total. The minimum Gasteiger partial charge on any atom is -0.370 e. The van der Waals surface area contributed by atoms with Gasteiger partial charge in [0.05, 0.1) is 11.4 Å². The number of aliphatic imine (C=N–C) groups is 1. The molecule has 8 nitrogen and oxygen atoms in total. The van der Waals surface area contributed by atoms with Crippen LogP contribution in [0.2, 0.25) is 0 Å². The van der Waals surface area contributed by atoms with Crippen molar-refractivity contribution in [3.63, 3.8) is 0 Å². The number of nitrogens with zero attached hydrogens (tertiary/aromatic N) is 3. The molecule has 1 aliphatic heterocycles. The highest BCUT2D eigenvalue weighted by atomic mass is 32.1. The van der Waals surface area contributed by atoms with Crippen LogP contribution in [-0.2, 0) is 4.79 Å². The molecule has 0 saturated carbocycles. The van der Waals surface area contributed by atoms with Crippen molar-refractivity contribution in [3.05, 3.63) is 29.3 Å². The number of hydrogen-bond acceptors (Lipinski definition) is 7. The van der Waals surface area contributed by atoms with E-state index in [1.54, 1.807) is 6.07 Å². The topological polar surface area (TPSA) is 145 Å². The number of Topliss-reactive ketones (excluding diaryl/α,β-unsaturated/α-hetero) is 1. The van der Waals surface area contributed by atoms with E-state index in [4.69, 9.17) is 17.2 Å². The molecule has 2 aromatic heterocycles. The van der Waals surface area contributed by atoms with E-state index >= 15 is 0 Å². The molecule has 0 radical (unpaired) electrons. The van der Waals surface area contributed by atoms with E-state index in [1.165, 1.54) is 11.3 Å². The number of ketones is 1. The highest BCUT2D eigenvalue weighted by Gasteiger charge is 2.27. The minimum atomic E-state index is -0.735. The van der Waals surface area contributed by atoms with E-state index in [9.17, 15) is 4.79 Å². The molecule has 0 spiro atoms. The van der Waals surface area contributed by atoms with Crippen LogP contribution in [0.4, 0.5) is 5.13 Å². The average molecular weight is 359 g/mol. The van der Waals surface area contributed by atoms with Gasteiger partial charge in [0.25, 0.3) is 0 Å². The fourth-order valence-electron chi connectivity index (χ4n) is 2.81. The van der Waals surface area contributed by atoms with Crippen LogP contribution in [0.25, 0.3) is 11.4 Å². The predicted molar refractivity (Wildman–Crippen MR) is 98.3 cm³/mol. The van der Waals surface area contributed by atoms with Gasteiger partial charge >= 0.3 is 0 Å². The fraction of sp³-hybridized carbons (Fsp3) is 0.375. The lowest BCUT2D eigenvalue weighted by Crippen LogP contribution is -2.39. The summed E-state index contributed by atoms with van der Waals surface area (Å²) in [7, 11) is 0. The third-order valence-electron chi connectivity index (χ3n) is 4.07. The summed E-state index contributed by atoms with van der Waals surface area (Å²) in [5, 5.41) is 5.51. The molecule has 1 saturated heterocycles. The number of pyridine rings is 1. The van der Waals surface area contributed by atoms with Crippen LogP contribution in [0, 0.1) is 5.92 Å². The summed E-state index contributed by atoms with van der Waals surface area (Å²) >= 11 is 1.31. The zero-order chi connectivity index (χ0) is 17.8. The Balaban J connectivity index is 1.79. The van der Waals surface area contributed by atoms with Crippen molar-refractivity contribution in [2.75, 3.05) is 13.1 Å². The van der Waals surface area contributed by atoms with Crippen LogP contribution in [-0.4, -0.2) is 34.8 Å². The number of guanidine groups is 1. The van der Waals surface area contributed by atoms with Gasteiger partial charge in [-0.2, -0.15) is 4.99 Å². The number of carbonyl (C=O) groups excluding carboxylic acids is 1. The molecule has 25 heavy (non-hydrogen) atoms. The number of rotatable bonds is 5. The molecule has 3 rings (SSSR count). The molecule has 2 atom stereocenters. The van der Waals surface area contributed by atoms with Gasteiger partial charge < -0.3 is 22.5 Å². The Morgan fingerprint density at radius 1 is 1.32 bits per heavy atom. The summed E-state index contributed by atoms with van der Waals surface area (Å²) in [6.07, 6.45) is 1.86. The molecule has 0 aromatic carbocycles. The first-order chi connectivity index (χ1) is 12.0. The summed E-state index contributed by atoms with van der Waals surface area (Å²) in [5.74, 6) is -0.0745. The standard InChI is InChI=1S/C16H21N7OS/c17-13(14(24)9-3-2-6-20-7-9)11-5-1-4-10(21-11)12-8-25-16(22-12)23-15(18)19/h1,4-5,8-9,13,20H,2-3,6-7,17H2,(H4,18,19,22,23). The minimum absolute atomic E-state index is 0.0244. The number of hydrogen-bond donors (Lipinski definition) is 4. The van der Waals surface area contributed by atoms with Crippen molar-refractivity contribution in [3.8, 4) is 11.4 Å². The number of nitrogens with one attached hydrogen (secondary N) is 1. The smallest absolute Gasteiger partial charge is 0.212 e. The third kappa shape index (κ3) is 4.19. The van der Waals surface area contributed by atoms with Crippen LogP contribution < -0.4 is 22.5 Å². The van der Waals surface area contributed by atoms with Gasteiger partial charge in [0.1, 0.15) is 11.7 Å². The summed E-state index contributed by atoms with van der Waals surface area (Å²) in [5.41, 5.74) is 18.7. The van der Waals surface area contributed by atoms with Gasteiger partial charge in [-0.3, -0.25) is 4.79 Å². The highest BCUT2D eigenvalue weighted by molar-refractivity contribution is 7.13. The first-order valence-corrected chi connectivity index (χ1v) is 8.95. The molecular formula is C16H21N7OS. The van der Waals surface area contributed by atoms with Gasteiger partial charge in [-0.05, 0) is 31.5 Å². The lowest BCUT2D eigenvalue weighted by molar-refractivity contribution is -0.124. The SMILES string of the molecule is NC(N)=Nc1nc(-c2cccc(C(N)C(=O)C3CCCNC3)n2)cs1. The summed E-state index contributed by atoms with van der Waals surface area (Å²) in [6, 6.07) is 4.67. The molecule has 132 valence electrons. The zero-order valence-electron chi connectivity index (χ0n) is 13.7. The quantitative estimate of drug-likeness (QED) is 0.453. The molecule has 0 amide bonds. The van der Waals surface area contributed by atoms with Gasteiger partial charge in [-0.15, -0.1) is 11.3 Å². The molecule has 2 unspecified atom stereocenters. The lowest BCUT2D eigenvalue weighted by Gasteiger charge is -2.24. The van der Waals surface area contributed by atoms with E-state index in [2.05, 4.69) is 20.3 Å². The second-order valence-corrected chi connectivity index (χ2v) is 6.76. The Morgan fingerprint density at radius 3 is 2.88 bits per heavy atom. The Bertz CT molecular complexity index is 778. The highest BCUT2D eigenvalue weighted by Crippen LogP contribution is 2.27. The van der Waals surface area contributed by atoms with Crippen molar-refractivity contribution in [1.29, 1.82) is 0 Å².